The molecule has 9 unspecified atom stereocenters. The maximum Gasteiger partial charge on any atom is 0.418 e. The van der Waals surface area contributed by atoms with Crippen LogP contribution in [-0.4, -0.2) is 34.5 Å². The zero-order valence-corrected chi connectivity index (χ0v) is 21.0. The molecule has 0 bridgehead atoms. The van der Waals surface area contributed by atoms with Crippen LogP contribution in [0.2, 0.25) is 0 Å². The lowest BCUT2D eigenvalue weighted by Gasteiger charge is -2.60. The Morgan fingerprint density at radius 1 is 1.03 bits per heavy atom. The number of fused-ring (bicyclic) bond motifs is 5. The summed E-state index contributed by atoms with van der Waals surface area (Å²) in [4.78, 5) is 13.4. The van der Waals surface area contributed by atoms with Crippen molar-refractivity contribution in [2.24, 2.45) is 34.5 Å². The molecule has 1 aliphatic heterocycles. The van der Waals surface area contributed by atoms with Gasteiger partial charge in [0, 0.05) is 17.4 Å². The van der Waals surface area contributed by atoms with Gasteiger partial charge in [0.15, 0.2) is 0 Å². The van der Waals surface area contributed by atoms with Gasteiger partial charge in [-0.1, -0.05) is 19.9 Å². The highest BCUT2D eigenvalue weighted by Gasteiger charge is 2.63. The Kier molecular flexibility index (Phi) is 6.47. The molecule has 3 aliphatic carbocycles. The Bertz CT molecular complexity index is 1140. The lowest BCUT2D eigenvalue weighted by Crippen LogP contribution is -2.63. The lowest BCUT2D eigenvalue weighted by atomic mass is 9.47. The molecule has 5 rings (SSSR count). The van der Waals surface area contributed by atoms with Gasteiger partial charge in [-0.25, -0.2) is 0 Å². The minimum Gasteiger partial charge on any atom is -0.393 e. The number of carbonyl (C=O) groups excluding carboxylic acids is 1. The number of nitrogens with one attached hydrogen (secondary N) is 2. The van der Waals surface area contributed by atoms with E-state index in [1.807, 2.05) is 13.0 Å². The van der Waals surface area contributed by atoms with Gasteiger partial charge in [-0.3, -0.25) is 10.1 Å². The van der Waals surface area contributed by atoms with Crippen molar-refractivity contribution in [1.82, 2.24) is 5.32 Å². The zero-order chi connectivity index (χ0) is 27.8. The predicted octanol–water partition coefficient (Wildman–Crippen LogP) is 5.34. The molecule has 4 N–H and O–H groups in total. The molecule has 1 aromatic rings. The third kappa shape index (κ3) is 4.34. The molecular weight excluding hydrogens is 514 g/mol. The van der Waals surface area contributed by atoms with Crippen LogP contribution in [0.25, 0.3) is 0 Å². The molecule has 1 amide bonds. The van der Waals surface area contributed by atoms with Crippen LogP contribution in [0.5, 0.6) is 0 Å². The monoisotopic (exact) mass is 546 g/mol. The average Bonchev–Trinajstić information content (AvgIpc) is 3.14. The summed E-state index contributed by atoms with van der Waals surface area (Å²) >= 11 is 0. The lowest BCUT2D eigenvalue weighted by molar-refractivity contribution is -0.149. The van der Waals surface area contributed by atoms with E-state index in [2.05, 4.69) is 17.6 Å². The highest BCUT2D eigenvalue weighted by atomic mass is 19.4. The van der Waals surface area contributed by atoms with Crippen LogP contribution in [-0.2, 0) is 17.1 Å². The average molecular weight is 547 g/mol. The fourth-order valence-electron chi connectivity index (χ4n) is 8.30. The van der Waals surface area contributed by atoms with Crippen LogP contribution in [0.4, 0.5) is 32.0 Å². The van der Waals surface area contributed by atoms with E-state index in [1.165, 1.54) is 0 Å². The molecule has 3 fully saturated rings. The van der Waals surface area contributed by atoms with E-state index in [-0.39, 0.29) is 30.2 Å². The quantitative estimate of drug-likeness (QED) is 0.298. The highest BCUT2D eigenvalue weighted by Crippen LogP contribution is 2.65. The number of carbonyl (C=O) groups is 1. The predicted molar refractivity (Wildman–Crippen MR) is 126 cm³/mol. The molecule has 1 heterocycles. The summed E-state index contributed by atoms with van der Waals surface area (Å²) in [6.07, 6.45) is -4.94. The third-order valence-corrected chi connectivity index (χ3v) is 9.95. The fraction of sp³-hybridized carbons (Fsp3) is 0.667. The Balaban J connectivity index is 1.43. The van der Waals surface area contributed by atoms with Gasteiger partial charge in [0.1, 0.15) is 6.23 Å². The first-order valence-corrected chi connectivity index (χ1v) is 13.0. The smallest absolute Gasteiger partial charge is 0.393 e. The first-order chi connectivity index (χ1) is 17.6. The Morgan fingerprint density at radius 2 is 1.74 bits per heavy atom. The van der Waals surface area contributed by atoms with Crippen LogP contribution in [0.3, 0.4) is 0 Å². The Labute approximate surface area is 216 Å². The van der Waals surface area contributed by atoms with Crippen molar-refractivity contribution in [2.45, 2.75) is 76.7 Å². The molecule has 0 spiro atoms. The Hall–Kier alpha value is -2.11. The van der Waals surface area contributed by atoms with Crippen LogP contribution in [0.15, 0.2) is 30.4 Å². The van der Waals surface area contributed by atoms with Gasteiger partial charge in [-0.15, -0.1) is 0 Å². The minimum atomic E-state index is -4.95. The van der Waals surface area contributed by atoms with E-state index >= 15 is 0 Å². The summed E-state index contributed by atoms with van der Waals surface area (Å²) in [6.45, 7) is 3.93. The molecule has 11 heteroatoms. The fourth-order valence-corrected chi connectivity index (χ4v) is 8.30. The van der Waals surface area contributed by atoms with Crippen LogP contribution in [0, 0.1) is 34.5 Å². The van der Waals surface area contributed by atoms with Crippen molar-refractivity contribution in [2.75, 3.05) is 5.32 Å². The molecule has 0 aromatic heterocycles. The topological polar surface area (TPSA) is 81.6 Å². The molecule has 4 aliphatic rings. The molecule has 1 aromatic carbocycles. The van der Waals surface area contributed by atoms with E-state index in [0.29, 0.717) is 31.0 Å². The van der Waals surface area contributed by atoms with Crippen molar-refractivity contribution in [3.63, 3.8) is 0 Å². The summed E-state index contributed by atoms with van der Waals surface area (Å²) in [5.41, 5.74) is -4.67. The van der Waals surface area contributed by atoms with E-state index in [1.54, 1.807) is 6.08 Å². The molecular formula is C27H32F6N2O3. The van der Waals surface area contributed by atoms with Crippen molar-refractivity contribution in [3.8, 4) is 0 Å². The summed E-state index contributed by atoms with van der Waals surface area (Å²) in [5.74, 6) is -1.56. The van der Waals surface area contributed by atoms with Crippen LogP contribution >= 0.6 is 0 Å². The number of benzene rings is 1. The van der Waals surface area contributed by atoms with Gasteiger partial charge in [-0.2, -0.15) is 26.3 Å². The summed E-state index contributed by atoms with van der Waals surface area (Å²) in [5, 5.41) is 26.8. The summed E-state index contributed by atoms with van der Waals surface area (Å²) in [7, 11) is 0. The van der Waals surface area contributed by atoms with Gasteiger partial charge in [0.2, 0.25) is 5.91 Å². The number of amides is 1. The van der Waals surface area contributed by atoms with E-state index in [4.69, 9.17) is 0 Å². The summed E-state index contributed by atoms with van der Waals surface area (Å²) in [6, 6.07) is 1.01. The second-order valence-electron chi connectivity index (χ2n) is 11.9. The maximum atomic E-state index is 13.6. The van der Waals surface area contributed by atoms with Gasteiger partial charge >= 0.3 is 12.4 Å². The molecule has 210 valence electrons. The summed E-state index contributed by atoms with van der Waals surface area (Å²) < 4.78 is 80.5. The number of aliphatic hydroxyl groups excluding tert-OH is 2. The largest absolute Gasteiger partial charge is 0.418 e. The van der Waals surface area contributed by atoms with Crippen LogP contribution in [0.1, 0.15) is 57.1 Å². The Morgan fingerprint density at radius 3 is 2.39 bits per heavy atom. The number of halogens is 6. The molecule has 9 atom stereocenters. The number of hydrogen-bond donors (Lipinski definition) is 4. The van der Waals surface area contributed by atoms with E-state index < -0.39 is 64.2 Å². The van der Waals surface area contributed by atoms with E-state index in [9.17, 15) is 41.4 Å². The minimum absolute atomic E-state index is 0.0215. The number of anilines is 1. The zero-order valence-electron chi connectivity index (χ0n) is 21.0. The molecule has 0 saturated heterocycles. The van der Waals surface area contributed by atoms with Crippen molar-refractivity contribution in [1.29, 1.82) is 0 Å². The number of hydrogen-bond acceptors (Lipinski definition) is 4. The van der Waals surface area contributed by atoms with Gasteiger partial charge < -0.3 is 15.5 Å². The van der Waals surface area contributed by atoms with Crippen LogP contribution < -0.4 is 10.6 Å². The van der Waals surface area contributed by atoms with Gasteiger partial charge in [-0.05, 0) is 79.5 Å². The van der Waals surface area contributed by atoms with Crippen molar-refractivity contribution < 1.29 is 41.4 Å². The first kappa shape index (κ1) is 27.5. The third-order valence-electron chi connectivity index (χ3n) is 9.95. The SMILES string of the molecule is CC12C=CC(O)NC1CCC1C2C(O)CC2(C)C(C(=O)Nc3cc(C(F)(F)F)ccc3C(F)(F)F)CCC12. The van der Waals surface area contributed by atoms with Gasteiger partial charge in [0.25, 0.3) is 0 Å². The number of aliphatic hydroxyl groups is 2. The first-order valence-electron chi connectivity index (χ1n) is 13.0. The number of rotatable bonds is 2. The maximum absolute atomic E-state index is 13.6. The van der Waals surface area contributed by atoms with Gasteiger partial charge in [0.05, 0.1) is 22.9 Å². The molecule has 5 nitrogen and oxygen atoms in total. The highest BCUT2D eigenvalue weighted by molar-refractivity contribution is 5.94. The molecule has 38 heavy (non-hydrogen) atoms. The second-order valence-corrected chi connectivity index (χ2v) is 11.9. The molecule has 0 radical (unpaired) electrons. The van der Waals surface area contributed by atoms with Crippen molar-refractivity contribution >= 4 is 11.6 Å². The normalized spacial score (nSPS) is 40.7. The second kappa shape index (κ2) is 8.96. The van der Waals surface area contributed by atoms with E-state index in [0.717, 1.165) is 12.8 Å². The standard InChI is InChI=1S/C27H32F6N2O3/c1-24-10-9-21(37)35-20(24)8-4-14-15-6-7-17(25(15,2)12-19(36)22(14)24)23(38)34-18-11-13(26(28,29)30)3-5-16(18)27(31,32)33/h3,5,9-11,14-15,17,19-22,35-37H,4,6-8,12H2,1-2H3,(H,34,38). The molecule has 3 saturated carbocycles. The number of alkyl halides is 6. The van der Waals surface area contributed by atoms with Crippen molar-refractivity contribution in [3.05, 3.63) is 41.5 Å².